The molecule has 0 atom stereocenters. The van der Waals surface area contributed by atoms with E-state index in [0.29, 0.717) is 28.1 Å². The summed E-state index contributed by atoms with van der Waals surface area (Å²) in [5.74, 6) is -0.759. The Morgan fingerprint density at radius 2 is 1.69 bits per heavy atom. The SMILES string of the molecule is CCOC(=O)c1ccc2c(c1)NC(=O)/C2=C(\Nc1ccc(N(C)C(=O)CNC)cc1)c1ccccc1. The van der Waals surface area contributed by atoms with E-state index in [1.165, 1.54) is 0 Å². The number of carbonyl (C=O) groups is 3. The van der Waals surface area contributed by atoms with Crippen molar-refractivity contribution in [1.29, 1.82) is 0 Å². The fourth-order valence-electron chi connectivity index (χ4n) is 3.97. The van der Waals surface area contributed by atoms with E-state index in [0.717, 1.165) is 16.9 Å². The summed E-state index contributed by atoms with van der Waals surface area (Å²) < 4.78 is 5.09. The normalized spacial score (nSPS) is 13.5. The lowest BCUT2D eigenvalue weighted by Crippen LogP contribution is -2.34. The number of esters is 1. The van der Waals surface area contributed by atoms with Crippen molar-refractivity contribution < 1.29 is 19.1 Å². The number of carbonyl (C=O) groups excluding carboxylic acids is 3. The van der Waals surface area contributed by atoms with Crippen LogP contribution in [0, 0.1) is 0 Å². The Balaban J connectivity index is 1.72. The summed E-state index contributed by atoms with van der Waals surface area (Å²) in [6.45, 7) is 2.26. The third-order valence-corrected chi connectivity index (χ3v) is 5.81. The Hall–Kier alpha value is -4.43. The number of ether oxygens (including phenoxy) is 1. The quantitative estimate of drug-likeness (QED) is 0.330. The van der Waals surface area contributed by atoms with Crippen molar-refractivity contribution in [1.82, 2.24) is 5.32 Å². The molecule has 0 saturated heterocycles. The minimum Gasteiger partial charge on any atom is -0.462 e. The van der Waals surface area contributed by atoms with Crippen molar-refractivity contribution in [3.63, 3.8) is 0 Å². The molecule has 0 fully saturated rings. The number of rotatable bonds is 8. The number of anilines is 3. The molecule has 4 rings (SSSR count). The molecule has 0 radical (unpaired) electrons. The molecule has 0 aromatic heterocycles. The molecule has 1 heterocycles. The lowest BCUT2D eigenvalue weighted by Gasteiger charge is -2.19. The van der Waals surface area contributed by atoms with Gasteiger partial charge < -0.3 is 25.6 Å². The van der Waals surface area contributed by atoms with Crippen LogP contribution in [0.2, 0.25) is 0 Å². The van der Waals surface area contributed by atoms with Gasteiger partial charge in [0.2, 0.25) is 5.91 Å². The van der Waals surface area contributed by atoms with Gasteiger partial charge in [0.05, 0.1) is 35.7 Å². The molecule has 0 bridgehead atoms. The number of likely N-dealkylation sites (N-methyl/N-ethyl adjacent to an activating group) is 2. The summed E-state index contributed by atoms with van der Waals surface area (Å²) in [5, 5.41) is 9.13. The van der Waals surface area contributed by atoms with Gasteiger partial charge in [-0.05, 0) is 55.9 Å². The maximum absolute atomic E-state index is 13.1. The van der Waals surface area contributed by atoms with E-state index < -0.39 is 5.97 Å². The van der Waals surface area contributed by atoms with Crippen LogP contribution >= 0.6 is 0 Å². The molecule has 3 aromatic rings. The standard InChI is InChI=1S/C28H28N4O4/c1-4-36-28(35)19-10-15-22-23(16-19)31-27(34)25(22)26(18-8-6-5-7-9-18)30-20-11-13-21(14-12-20)32(3)24(33)17-29-2/h5-16,29-30H,4,17H2,1-3H3,(H,31,34)/b26-25-. The van der Waals surface area contributed by atoms with Gasteiger partial charge in [-0.1, -0.05) is 36.4 Å². The van der Waals surface area contributed by atoms with Crippen molar-refractivity contribution >= 4 is 46.1 Å². The van der Waals surface area contributed by atoms with Gasteiger partial charge in [0, 0.05) is 24.0 Å². The predicted molar refractivity (Wildman–Crippen MR) is 142 cm³/mol. The van der Waals surface area contributed by atoms with Crippen molar-refractivity contribution in [3.8, 4) is 0 Å². The Morgan fingerprint density at radius 1 is 0.972 bits per heavy atom. The first kappa shape index (κ1) is 24.7. The van der Waals surface area contributed by atoms with Gasteiger partial charge in [0.15, 0.2) is 0 Å². The summed E-state index contributed by atoms with van der Waals surface area (Å²) >= 11 is 0. The lowest BCUT2D eigenvalue weighted by atomic mass is 9.99. The summed E-state index contributed by atoms with van der Waals surface area (Å²) in [4.78, 5) is 39.1. The molecule has 0 saturated carbocycles. The van der Waals surface area contributed by atoms with E-state index in [1.54, 1.807) is 44.1 Å². The third-order valence-electron chi connectivity index (χ3n) is 5.81. The number of fused-ring (bicyclic) bond motifs is 1. The minimum absolute atomic E-state index is 0.0493. The molecule has 3 N–H and O–H groups in total. The summed E-state index contributed by atoms with van der Waals surface area (Å²) in [6, 6.07) is 22.0. The third kappa shape index (κ3) is 5.13. The van der Waals surface area contributed by atoms with E-state index in [4.69, 9.17) is 4.74 Å². The largest absolute Gasteiger partial charge is 0.462 e. The maximum atomic E-state index is 13.1. The van der Waals surface area contributed by atoms with Crippen LogP contribution in [0.1, 0.15) is 28.4 Å². The van der Waals surface area contributed by atoms with Crippen molar-refractivity contribution in [3.05, 3.63) is 89.5 Å². The number of nitrogens with one attached hydrogen (secondary N) is 3. The first-order valence-corrected chi connectivity index (χ1v) is 11.6. The molecule has 0 aliphatic carbocycles. The maximum Gasteiger partial charge on any atom is 0.338 e. The van der Waals surface area contributed by atoms with Gasteiger partial charge in [0.25, 0.3) is 5.91 Å². The second kappa shape index (κ2) is 10.9. The monoisotopic (exact) mass is 484 g/mol. The zero-order valence-corrected chi connectivity index (χ0v) is 20.4. The average Bonchev–Trinajstić information content (AvgIpc) is 3.22. The van der Waals surface area contributed by atoms with E-state index in [-0.39, 0.29) is 25.0 Å². The van der Waals surface area contributed by atoms with Crippen LogP contribution in [0.15, 0.2) is 72.8 Å². The molecule has 184 valence electrons. The second-order valence-electron chi connectivity index (χ2n) is 8.21. The predicted octanol–water partition coefficient (Wildman–Crippen LogP) is 3.98. The molecule has 3 aromatic carbocycles. The molecule has 2 amide bonds. The zero-order chi connectivity index (χ0) is 25.7. The van der Waals surface area contributed by atoms with Crippen LogP contribution in [0.3, 0.4) is 0 Å². The van der Waals surface area contributed by atoms with Crippen molar-refractivity contribution in [2.75, 3.05) is 42.8 Å². The Bertz CT molecular complexity index is 1320. The van der Waals surface area contributed by atoms with Crippen molar-refractivity contribution in [2.24, 2.45) is 0 Å². The number of hydrogen-bond acceptors (Lipinski definition) is 6. The highest BCUT2D eigenvalue weighted by atomic mass is 16.5. The summed E-state index contributed by atoms with van der Waals surface area (Å²) in [7, 11) is 3.45. The zero-order valence-electron chi connectivity index (χ0n) is 20.4. The molecule has 1 aliphatic rings. The number of amides is 2. The Morgan fingerprint density at radius 3 is 2.36 bits per heavy atom. The molecule has 1 aliphatic heterocycles. The average molecular weight is 485 g/mol. The lowest BCUT2D eigenvalue weighted by molar-refractivity contribution is -0.117. The smallest absolute Gasteiger partial charge is 0.338 e. The molecule has 8 nitrogen and oxygen atoms in total. The van der Waals surface area contributed by atoms with E-state index in [2.05, 4.69) is 16.0 Å². The Kier molecular flexibility index (Phi) is 7.46. The number of hydrogen-bond donors (Lipinski definition) is 3. The Labute approximate surface area is 210 Å². The van der Waals surface area contributed by atoms with E-state index >= 15 is 0 Å². The van der Waals surface area contributed by atoms with Crippen LogP contribution < -0.4 is 20.9 Å². The van der Waals surface area contributed by atoms with E-state index in [1.807, 2.05) is 54.6 Å². The van der Waals surface area contributed by atoms with Gasteiger partial charge >= 0.3 is 5.97 Å². The molecule has 8 heteroatoms. The topological polar surface area (TPSA) is 99.8 Å². The van der Waals surface area contributed by atoms with Crippen LogP contribution in [0.25, 0.3) is 11.3 Å². The molecule has 0 spiro atoms. The number of benzene rings is 3. The van der Waals surface area contributed by atoms with Crippen LogP contribution in [0.5, 0.6) is 0 Å². The molecular formula is C28H28N4O4. The van der Waals surface area contributed by atoms with Gasteiger partial charge in [-0.15, -0.1) is 0 Å². The van der Waals surface area contributed by atoms with E-state index in [9.17, 15) is 14.4 Å². The molecule has 0 unspecified atom stereocenters. The first-order chi connectivity index (χ1) is 17.4. The summed E-state index contributed by atoms with van der Waals surface area (Å²) in [5.41, 5.74) is 5.05. The van der Waals surface area contributed by atoms with Crippen molar-refractivity contribution in [2.45, 2.75) is 6.92 Å². The van der Waals surface area contributed by atoms with Gasteiger partial charge in [-0.25, -0.2) is 4.79 Å². The van der Waals surface area contributed by atoms with Gasteiger partial charge in [0.1, 0.15) is 0 Å². The molecule has 36 heavy (non-hydrogen) atoms. The van der Waals surface area contributed by atoms with Crippen LogP contribution in [-0.2, 0) is 14.3 Å². The van der Waals surface area contributed by atoms with Crippen LogP contribution in [-0.4, -0.2) is 45.0 Å². The van der Waals surface area contributed by atoms with Crippen LogP contribution in [0.4, 0.5) is 17.1 Å². The fourth-order valence-corrected chi connectivity index (χ4v) is 3.97. The highest BCUT2D eigenvalue weighted by molar-refractivity contribution is 6.37. The summed E-state index contributed by atoms with van der Waals surface area (Å²) in [6.07, 6.45) is 0. The highest BCUT2D eigenvalue weighted by Crippen LogP contribution is 2.38. The fraction of sp³-hybridized carbons (Fsp3) is 0.179. The second-order valence-corrected chi connectivity index (χ2v) is 8.21. The minimum atomic E-state index is -0.438. The molecular weight excluding hydrogens is 456 g/mol. The van der Waals surface area contributed by atoms with Gasteiger partial charge in [-0.2, -0.15) is 0 Å². The van der Waals surface area contributed by atoms with Gasteiger partial charge in [-0.3, -0.25) is 9.59 Å². The first-order valence-electron chi connectivity index (χ1n) is 11.6. The number of nitrogens with zero attached hydrogens (tertiary/aromatic N) is 1. The highest BCUT2D eigenvalue weighted by Gasteiger charge is 2.29.